The van der Waals surface area contributed by atoms with E-state index in [9.17, 15) is 5.26 Å². The summed E-state index contributed by atoms with van der Waals surface area (Å²) in [4.78, 5) is 4.93. The molecule has 0 aliphatic heterocycles. The zero-order valence-electron chi connectivity index (χ0n) is 9.18. The topological polar surface area (TPSA) is 48.7 Å². The summed E-state index contributed by atoms with van der Waals surface area (Å²) in [5.74, 6) is 0. The number of halogens is 4. The van der Waals surface area contributed by atoms with E-state index in [1.54, 1.807) is 12.3 Å². The van der Waals surface area contributed by atoms with Gasteiger partial charge in [0.25, 0.3) is 0 Å². The highest BCUT2D eigenvalue weighted by Crippen LogP contribution is 2.37. The maximum absolute atomic E-state index is 9.20. The van der Waals surface area contributed by atoms with Crippen molar-refractivity contribution in [3.63, 3.8) is 0 Å². The zero-order chi connectivity index (χ0) is 14.0. The Morgan fingerprint density at radius 1 is 1.37 bits per heavy atom. The largest absolute Gasteiger partial charge is 0.378 e. The van der Waals surface area contributed by atoms with Crippen LogP contribution in [0.2, 0.25) is 9.49 Å². The number of hydrogen-bond donors (Lipinski definition) is 1. The molecule has 8 heteroatoms. The predicted octanol–water partition coefficient (Wildman–Crippen LogP) is 5.46. The van der Waals surface area contributed by atoms with Crippen LogP contribution in [0.15, 0.2) is 21.2 Å². The molecule has 0 unspecified atom stereocenters. The molecule has 1 N–H and O–H groups in total. The summed E-state index contributed by atoms with van der Waals surface area (Å²) in [5.41, 5.74) is 1.04. The van der Waals surface area contributed by atoms with E-state index in [1.807, 2.05) is 0 Å². The van der Waals surface area contributed by atoms with Crippen molar-refractivity contribution in [2.75, 3.05) is 5.32 Å². The van der Waals surface area contributed by atoms with E-state index in [-0.39, 0.29) is 0 Å². The highest BCUT2D eigenvalue weighted by molar-refractivity contribution is 9.11. The second-order valence-electron chi connectivity index (χ2n) is 3.45. The van der Waals surface area contributed by atoms with Crippen molar-refractivity contribution < 1.29 is 0 Å². The van der Waals surface area contributed by atoms with Crippen LogP contribution in [0.3, 0.4) is 0 Å². The van der Waals surface area contributed by atoms with Gasteiger partial charge in [-0.15, -0.1) is 11.3 Å². The Morgan fingerprint density at radius 3 is 2.68 bits per heavy atom. The first-order chi connectivity index (χ1) is 9.02. The van der Waals surface area contributed by atoms with Gasteiger partial charge in [0.05, 0.1) is 22.8 Å². The molecule has 1 aromatic heterocycles. The van der Waals surface area contributed by atoms with Crippen LogP contribution in [0.5, 0.6) is 0 Å². The molecule has 19 heavy (non-hydrogen) atoms. The van der Waals surface area contributed by atoms with Crippen molar-refractivity contribution >= 4 is 72.1 Å². The summed E-state index contributed by atoms with van der Waals surface area (Å²) in [5, 5.41) is 12.8. The number of nitriles is 1. The molecule has 0 aliphatic rings. The van der Waals surface area contributed by atoms with Gasteiger partial charge >= 0.3 is 0 Å². The molecule has 0 radical (unpaired) electrons. The van der Waals surface area contributed by atoms with Gasteiger partial charge in [-0.3, -0.25) is 0 Å². The van der Waals surface area contributed by atoms with Crippen molar-refractivity contribution in [3.05, 3.63) is 41.1 Å². The van der Waals surface area contributed by atoms with Crippen molar-refractivity contribution in [1.82, 2.24) is 4.98 Å². The molecule has 0 aliphatic carbocycles. The van der Waals surface area contributed by atoms with Gasteiger partial charge in [-0.25, -0.2) is 4.98 Å². The van der Waals surface area contributed by atoms with Crippen molar-refractivity contribution in [2.45, 2.75) is 6.54 Å². The standard InChI is InChI=1S/C11H5Br2Cl2N3S/c12-7-1-8(13)10(6(2-16)9(7)14)17-3-5-4-18-11(15)19-5/h1,4,17H,3H2. The monoisotopic (exact) mass is 439 g/mol. The smallest absolute Gasteiger partial charge is 0.183 e. The van der Waals surface area contributed by atoms with Gasteiger partial charge in [-0.2, -0.15) is 5.26 Å². The minimum atomic E-state index is 0.385. The summed E-state index contributed by atoms with van der Waals surface area (Å²) in [6.07, 6.45) is 1.69. The maximum Gasteiger partial charge on any atom is 0.183 e. The lowest BCUT2D eigenvalue weighted by Gasteiger charge is -2.11. The minimum absolute atomic E-state index is 0.385. The molecule has 0 bridgehead atoms. The number of aromatic nitrogens is 1. The molecule has 0 atom stereocenters. The molecule has 0 saturated heterocycles. The van der Waals surface area contributed by atoms with Crippen LogP contribution >= 0.6 is 66.4 Å². The van der Waals surface area contributed by atoms with Crippen LogP contribution in [-0.4, -0.2) is 4.98 Å². The summed E-state index contributed by atoms with van der Waals surface area (Å²) in [6, 6.07) is 3.89. The van der Waals surface area contributed by atoms with Gasteiger partial charge in [-0.1, -0.05) is 23.2 Å². The number of anilines is 1. The van der Waals surface area contributed by atoms with E-state index >= 15 is 0 Å². The van der Waals surface area contributed by atoms with Gasteiger partial charge in [0.2, 0.25) is 0 Å². The van der Waals surface area contributed by atoms with E-state index in [1.165, 1.54) is 11.3 Å². The fourth-order valence-electron chi connectivity index (χ4n) is 1.41. The number of nitrogens with zero attached hydrogens (tertiary/aromatic N) is 2. The van der Waals surface area contributed by atoms with Gasteiger partial charge in [-0.05, 0) is 37.9 Å². The van der Waals surface area contributed by atoms with E-state index in [0.717, 1.165) is 9.35 Å². The fraction of sp³-hybridized carbons (Fsp3) is 0.0909. The van der Waals surface area contributed by atoms with E-state index in [2.05, 4.69) is 48.2 Å². The highest BCUT2D eigenvalue weighted by Gasteiger charge is 2.14. The van der Waals surface area contributed by atoms with E-state index < -0.39 is 0 Å². The molecule has 0 amide bonds. The number of nitrogens with one attached hydrogen (secondary N) is 1. The Bertz CT molecular complexity index is 667. The first-order valence-corrected chi connectivity index (χ1v) is 8.10. The molecule has 2 aromatic rings. The van der Waals surface area contributed by atoms with Crippen molar-refractivity contribution in [1.29, 1.82) is 5.26 Å². The van der Waals surface area contributed by atoms with E-state index in [4.69, 9.17) is 23.2 Å². The first-order valence-electron chi connectivity index (χ1n) is 4.94. The van der Waals surface area contributed by atoms with Crippen LogP contribution in [-0.2, 0) is 6.54 Å². The predicted molar refractivity (Wildman–Crippen MR) is 86.0 cm³/mol. The average Bonchev–Trinajstić information content (AvgIpc) is 2.78. The summed E-state index contributed by atoms with van der Waals surface area (Å²) < 4.78 is 1.92. The maximum atomic E-state index is 9.20. The molecule has 1 aromatic carbocycles. The van der Waals surface area contributed by atoms with E-state index in [0.29, 0.717) is 31.8 Å². The molecule has 3 nitrogen and oxygen atoms in total. The second kappa shape index (κ2) is 6.42. The van der Waals surface area contributed by atoms with Gasteiger partial charge in [0.1, 0.15) is 6.07 Å². The normalized spacial score (nSPS) is 10.3. The third kappa shape index (κ3) is 3.41. The lowest BCUT2D eigenvalue weighted by molar-refractivity contribution is 1.16. The lowest BCUT2D eigenvalue weighted by Crippen LogP contribution is -2.01. The van der Waals surface area contributed by atoms with Gasteiger partial charge in [0, 0.05) is 20.0 Å². The number of rotatable bonds is 3. The SMILES string of the molecule is N#Cc1c(Cl)c(Br)cc(Br)c1NCc1cnc(Cl)s1. The Balaban J connectivity index is 2.30. The Hall–Kier alpha value is -0.320. The van der Waals surface area contributed by atoms with Crippen molar-refractivity contribution in [2.24, 2.45) is 0 Å². The fourth-order valence-corrected chi connectivity index (χ4v) is 3.82. The van der Waals surface area contributed by atoms with Crippen LogP contribution in [0.4, 0.5) is 5.69 Å². The molecule has 0 fully saturated rings. The van der Waals surface area contributed by atoms with Gasteiger partial charge < -0.3 is 5.32 Å². The molecular formula is C11H5Br2Cl2N3S. The third-order valence-corrected chi connectivity index (χ3v) is 5.23. The molecule has 2 rings (SSSR count). The number of benzene rings is 1. The lowest BCUT2D eigenvalue weighted by atomic mass is 10.2. The summed E-state index contributed by atoms with van der Waals surface area (Å²) >= 11 is 20.0. The van der Waals surface area contributed by atoms with Crippen LogP contribution in [0.1, 0.15) is 10.4 Å². The molecule has 98 valence electrons. The van der Waals surface area contributed by atoms with Crippen LogP contribution in [0.25, 0.3) is 0 Å². The summed E-state index contributed by atoms with van der Waals surface area (Å²) in [7, 11) is 0. The van der Waals surface area contributed by atoms with Gasteiger partial charge in [0.15, 0.2) is 4.47 Å². The molecular weight excluding hydrogens is 437 g/mol. The quantitative estimate of drug-likeness (QED) is 0.643. The second-order valence-corrected chi connectivity index (χ2v) is 7.23. The molecule has 1 heterocycles. The minimum Gasteiger partial charge on any atom is -0.378 e. The molecule has 0 spiro atoms. The highest BCUT2D eigenvalue weighted by atomic mass is 79.9. The summed E-state index contributed by atoms with van der Waals surface area (Å²) in [6.45, 7) is 0.523. The zero-order valence-corrected chi connectivity index (χ0v) is 14.7. The first kappa shape index (κ1) is 15.1. The third-order valence-electron chi connectivity index (χ3n) is 2.25. The number of hydrogen-bond acceptors (Lipinski definition) is 4. The van der Waals surface area contributed by atoms with Crippen LogP contribution < -0.4 is 5.32 Å². The average molecular weight is 442 g/mol. The Morgan fingerprint density at radius 2 is 2.11 bits per heavy atom. The van der Waals surface area contributed by atoms with Crippen molar-refractivity contribution in [3.8, 4) is 6.07 Å². The van der Waals surface area contributed by atoms with Crippen LogP contribution in [0, 0.1) is 11.3 Å². The molecule has 0 saturated carbocycles. The Kier molecular flexibility index (Phi) is 5.09. The number of thiazole rings is 1. The Labute approximate surface area is 140 Å².